The fourth-order valence-electron chi connectivity index (χ4n) is 3.92. The maximum atomic E-state index is 12.2. The zero-order valence-electron chi connectivity index (χ0n) is 22.2. The van der Waals surface area contributed by atoms with E-state index in [1.165, 1.54) is 31.7 Å². The van der Waals surface area contributed by atoms with Crippen LogP contribution in [0.2, 0.25) is 5.15 Å². The molecule has 2 rings (SSSR count). The summed E-state index contributed by atoms with van der Waals surface area (Å²) in [6, 6.07) is 4.78. The number of rotatable bonds is 17. The fourth-order valence-corrected chi connectivity index (χ4v) is 4.05. The third-order valence-corrected chi connectivity index (χ3v) is 6.43. The number of guanidine groups is 1. The summed E-state index contributed by atoms with van der Waals surface area (Å²) in [5.41, 5.74) is 17.8. The Kier molecular flexibility index (Phi) is 14.3. The van der Waals surface area contributed by atoms with Gasteiger partial charge in [0.25, 0.3) is 5.91 Å². The predicted octanol–water partition coefficient (Wildman–Crippen LogP) is 2.37. The van der Waals surface area contributed by atoms with Crippen molar-refractivity contribution in [3.8, 4) is 5.75 Å². The van der Waals surface area contributed by atoms with Gasteiger partial charge in [-0.15, -0.1) is 0 Å². The number of benzene rings is 1. The molecule has 12 nitrogen and oxygen atoms in total. The predicted molar refractivity (Wildman–Crippen MR) is 153 cm³/mol. The number of phenols is 1. The molecular formula is C26H41ClN8O4. The van der Waals surface area contributed by atoms with Crippen molar-refractivity contribution in [1.82, 2.24) is 20.6 Å². The van der Waals surface area contributed by atoms with Crippen molar-refractivity contribution >= 4 is 35.1 Å². The van der Waals surface area contributed by atoms with E-state index < -0.39 is 12.0 Å². The first-order chi connectivity index (χ1) is 18.7. The third kappa shape index (κ3) is 11.6. The average Bonchev–Trinajstić information content (AvgIpc) is 2.90. The van der Waals surface area contributed by atoms with Gasteiger partial charge in [0.15, 0.2) is 28.4 Å². The van der Waals surface area contributed by atoms with Crippen LogP contribution in [0.15, 0.2) is 23.2 Å². The number of nitrogens with zero attached hydrogens (tertiary/aromatic N) is 3. The molecule has 13 heteroatoms. The molecule has 0 saturated carbocycles. The normalized spacial score (nSPS) is 12.4. The van der Waals surface area contributed by atoms with Gasteiger partial charge in [-0.05, 0) is 37.1 Å². The number of halogens is 1. The second-order valence-electron chi connectivity index (χ2n) is 9.30. The monoisotopic (exact) mass is 564 g/mol. The zero-order chi connectivity index (χ0) is 28.6. The van der Waals surface area contributed by atoms with Gasteiger partial charge in [0.1, 0.15) is 5.75 Å². The largest absolute Gasteiger partial charge is 0.508 e. The maximum absolute atomic E-state index is 12.2. The molecule has 1 heterocycles. The van der Waals surface area contributed by atoms with Crippen molar-refractivity contribution in [3.63, 3.8) is 0 Å². The lowest BCUT2D eigenvalue weighted by atomic mass is 10.1. The van der Waals surface area contributed by atoms with E-state index in [0.29, 0.717) is 24.2 Å². The molecule has 2 aromatic rings. The molecule has 0 aliphatic carbocycles. The van der Waals surface area contributed by atoms with E-state index in [2.05, 4.69) is 25.6 Å². The summed E-state index contributed by atoms with van der Waals surface area (Å²) in [7, 11) is 0. The van der Waals surface area contributed by atoms with Gasteiger partial charge < -0.3 is 37.8 Å². The molecule has 0 aliphatic heterocycles. The van der Waals surface area contributed by atoms with E-state index in [4.69, 9.17) is 28.8 Å². The summed E-state index contributed by atoms with van der Waals surface area (Å²) in [6.07, 6.45) is 9.24. The molecule has 0 fully saturated rings. The van der Waals surface area contributed by atoms with Crippen molar-refractivity contribution in [3.05, 3.63) is 40.2 Å². The summed E-state index contributed by atoms with van der Waals surface area (Å²) in [6.45, 7) is 1.51. The first kappa shape index (κ1) is 32.0. The highest BCUT2D eigenvalue weighted by Crippen LogP contribution is 2.22. The van der Waals surface area contributed by atoms with Crippen LogP contribution in [-0.2, 0) is 6.61 Å². The standard InChI is InChI=1S/C26H41ClN8O4/c27-22-24(29)34-23(28)21(33-22)25(39)35-26(30)32-13-9-7-5-3-1-2-4-6-8-12-31-15-20(38)17-10-11-19(37)18(14-17)16-36/h10-11,14,20,31,36-38H,1-9,12-13,15-16H2,(H4,28,29,34)(H3,30,32,35,39). The van der Waals surface area contributed by atoms with Gasteiger partial charge in [-0.3, -0.25) is 15.1 Å². The highest BCUT2D eigenvalue weighted by molar-refractivity contribution is 6.31. The van der Waals surface area contributed by atoms with Crippen LogP contribution < -0.4 is 27.8 Å². The Hall–Kier alpha value is -3.19. The quantitative estimate of drug-likeness (QED) is 0.0796. The minimum Gasteiger partial charge on any atom is -0.508 e. The number of aliphatic hydroxyl groups is 2. The van der Waals surface area contributed by atoms with Crippen LogP contribution in [0.4, 0.5) is 11.6 Å². The van der Waals surface area contributed by atoms with Crippen molar-refractivity contribution in [2.45, 2.75) is 70.5 Å². The first-order valence-electron chi connectivity index (χ1n) is 13.2. The van der Waals surface area contributed by atoms with Crippen LogP contribution in [-0.4, -0.2) is 56.8 Å². The maximum Gasteiger partial charge on any atom is 0.280 e. The van der Waals surface area contributed by atoms with Gasteiger partial charge in [0.2, 0.25) is 0 Å². The number of unbranched alkanes of at least 4 members (excludes halogenated alkanes) is 8. The van der Waals surface area contributed by atoms with E-state index in [1.807, 2.05) is 0 Å². The Balaban J connectivity index is 1.44. The molecule has 39 heavy (non-hydrogen) atoms. The summed E-state index contributed by atoms with van der Waals surface area (Å²) < 4.78 is 0. The molecular weight excluding hydrogens is 524 g/mol. The number of aliphatic imine (C=N–C) groups is 1. The summed E-state index contributed by atoms with van der Waals surface area (Å²) in [5.74, 6) is -0.833. The number of amides is 1. The molecule has 0 saturated heterocycles. The number of aromatic hydroxyl groups is 1. The first-order valence-corrected chi connectivity index (χ1v) is 13.6. The topological polar surface area (TPSA) is 218 Å². The van der Waals surface area contributed by atoms with E-state index in [0.717, 1.165) is 38.6 Å². The van der Waals surface area contributed by atoms with Gasteiger partial charge in [0.05, 0.1) is 12.7 Å². The summed E-state index contributed by atoms with van der Waals surface area (Å²) in [5, 5.41) is 34.7. The molecule has 0 aliphatic rings. The Labute approximate surface area is 234 Å². The van der Waals surface area contributed by atoms with Crippen LogP contribution in [0.25, 0.3) is 0 Å². The van der Waals surface area contributed by atoms with Crippen molar-refractivity contribution < 1.29 is 20.1 Å². The Morgan fingerprint density at radius 3 is 2.31 bits per heavy atom. The van der Waals surface area contributed by atoms with Crippen LogP contribution in [0.5, 0.6) is 5.75 Å². The Morgan fingerprint density at radius 2 is 1.64 bits per heavy atom. The lowest BCUT2D eigenvalue weighted by Crippen LogP contribution is -2.38. The van der Waals surface area contributed by atoms with Crippen LogP contribution in [0.1, 0.15) is 85.5 Å². The molecule has 1 amide bonds. The molecule has 1 aromatic heterocycles. The molecule has 11 N–H and O–H groups in total. The average molecular weight is 565 g/mol. The fraction of sp³-hybridized carbons (Fsp3) is 0.538. The summed E-state index contributed by atoms with van der Waals surface area (Å²) in [4.78, 5) is 23.9. The SMILES string of the molecule is NC(=NCCCCCCCCCCCNCC(O)c1ccc(O)c(CO)c1)NC(=O)c1nc(Cl)c(N)nc1N. The smallest absolute Gasteiger partial charge is 0.280 e. The van der Waals surface area contributed by atoms with Crippen LogP contribution in [0, 0.1) is 0 Å². The molecule has 216 valence electrons. The number of aromatic nitrogens is 2. The van der Waals surface area contributed by atoms with Crippen molar-refractivity contribution in [2.24, 2.45) is 10.7 Å². The van der Waals surface area contributed by atoms with Crippen LogP contribution in [0.3, 0.4) is 0 Å². The number of anilines is 2. The lowest BCUT2D eigenvalue weighted by Gasteiger charge is -2.14. The van der Waals surface area contributed by atoms with Gasteiger partial charge in [-0.1, -0.05) is 62.6 Å². The molecule has 1 atom stereocenters. The van der Waals surface area contributed by atoms with Crippen molar-refractivity contribution in [2.75, 3.05) is 31.1 Å². The number of carbonyl (C=O) groups excluding carboxylic acids is 1. The van der Waals surface area contributed by atoms with E-state index in [-0.39, 0.29) is 40.8 Å². The number of hydrogen-bond acceptors (Lipinski definition) is 10. The minimum absolute atomic E-state index is 0.0191. The lowest BCUT2D eigenvalue weighted by molar-refractivity contribution is 0.0972. The highest BCUT2D eigenvalue weighted by atomic mass is 35.5. The Morgan fingerprint density at radius 1 is 1.00 bits per heavy atom. The number of nitrogens with one attached hydrogen (secondary N) is 2. The number of nitrogen functional groups attached to an aromatic ring is 2. The van der Waals surface area contributed by atoms with Crippen LogP contribution >= 0.6 is 11.6 Å². The molecule has 1 aromatic carbocycles. The zero-order valence-corrected chi connectivity index (χ0v) is 23.0. The molecule has 0 bridgehead atoms. The number of carbonyl (C=O) groups is 1. The van der Waals surface area contributed by atoms with Crippen molar-refractivity contribution in [1.29, 1.82) is 0 Å². The van der Waals surface area contributed by atoms with Gasteiger partial charge in [-0.2, -0.15) is 0 Å². The second-order valence-corrected chi connectivity index (χ2v) is 9.66. The highest BCUT2D eigenvalue weighted by Gasteiger charge is 2.16. The Bertz CT molecular complexity index is 1090. The second kappa shape index (κ2) is 17.4. The molecule has 0 spiro atoms. The number of nitrogens with two attached hydrogens (primary N) is 3. The van der Waals surface area contributed by atoms with Gasteiger partial charge >= 0.3 is 0 Å². The number of aliphatic hydroxyl groups excluding tert-OH is 2. The summed E-state index contributed by atoms with van der Waals surface area (Å²) >= 11 is 5.79. The number of hydrogen-bond donors (Lipinski definition) is 8. The molecule has 1 unspecified atom stereocenters. The van der Waals surface area contributed by atoms with Gasteiger partial charge in [-0.25, -0.2) is 9.97 Å². The minimum atomic E-state index is -0.680. The molecule has 0 radical (unpaired) electrons. The van der Waals surface area contributed by atoms with E-state index in [9.17, 15) is 20.1 Å². The third-order valence-electron chi connectivity index (χ3n) is 6.15. The van der Waals surface area contributed by atoms with E-state index >= 15 is 0 Å². The van der Waals surface area contributed by atoms with Gasteiger partial charge in [0, 0.05) is 18.7 Å². The van der Waals surface area contributed by atoms with E-state index in [1.54, 1.807) is 12.1 Å².